The van der Waals surface area contributed by atoms with Gasteiger partial charge in [0.05, 0.1) is 0 Å². The lowest BCUT2D eigenvalue weighted by atomic mass is 10.1. The fourth-order valence-corrected chi connectivity index (χ4v) is 1.41. The van der Waals surface area contributed by atoms with Crippen LogP contribution in [0.5, 0.6) is 0 Å². The van der Waals surface area contributed by atoms with Crippen molar-refractivity contribution in [1.82, 2.24) is 0 Å². The highest BCUT2D eigenvalue weighted by atomic mass is 16.6. The second kappa shape index (κ2) is 4.79. The third-order valence-electron chi connectivity index (χ3n) is 1.90. The molecule has 2 atom stereocenters. The maximum atomic E-state index is 10.9. The number of cyclic esters (lactones) is 1. The van der Waals surface area contributed by atoms with Crippen molar-refractivity contribution in [2.24, 2.45) is 0 Å². The van der Waals surface area contributed by atoms with E-state index in [1.165, 1.54) is 13.0 Å². The van der Waals surface area contributed by atoms with Crippen LogP contribution in [-0.2, 0) is 19.1 Å². The van der Waals surface area contributed by atoms with Crippen LogP contribution in [0.3, 0.4) is 0 Å². The molecule has 0 spiro atoms. The van der Waals surface area contributed by atoms with E-state index in [0.29, 0.717) is 12.8 Å². The van der Waals surface area contributed by atoms with Crippen LogP contribution in [0.2, 0.25) is 0 Å². The maximum Gasteiger partial charge on any atom is 0.330 e. The van der Waals surface area contributed by atoms with E-state index in [4.69, 9.17) is 9.47 Å². The van der Waals surface area contributed by atoms with Gasteiger partial charge in [-0.1, -0.05) is 6.08 Å². The summed E-state index contributed by atoms with van der Waals surface area (Å²) in [6, 6.07) is 0. The SMILES string of the molecule is CC(=O)O[C@@H](C)C[C@H]1CC=CC(=O)O1. The van der Waals surface area contributed by atoms with E-state index in [-0.39, 0.29) is 24.1 Å². The molecule has 0 aromatic rings. The van der Waals surface area contributed by atoms with Gasteiger partial charge in [0.2, 0.25) is 0 Å². The van der Waals surface area contributed by atoms with Crippen LogP contribution in [-0.4, -0.2) is 24.1 Å². The molecule has 0 aromatic carbocycles. The summed E-state index contributed by atoms with van der Waals surface area (Å²) in [7, 11) is 0. The third-order valence-corrected chi connectivity index (χ3v) is 1.90. The number of hydrogen-bond donors (Lipinski definition) is 0. The summed E-state index contributed by atoms with van der Waals surface area (Å²) >= 11 is 0. The highest BCUT2D eigenvalue weighted by Crippen LogP contribution is 2.14. The molecule has 0 fully saturated rings. The Bertz CT molecular complexity index is 257. The minimum Gasteiger partial charge on any atom is -0.463 e. The number of ether oxygens (including phenoxy) is 2. The normalized spacial score (nSPS) is 22.7. The molecule has 0 aromatic heterocycles. The number of carbonyl (C=O) groups is 2. The zero-order valence-electron chi connectivity index (χ0n) is 8.36. The van der Waals surface area contributed by atoms with Crippen molar-refractivity contribution in [2.75, 3.05) is 0 Å². The highest BCUT2D eigenvalue weighted by Gasteiger charge is 2.19. The van der Waals surface area contributed by atoms with E-state index >= 15 is 0 Å². The molecule has 1 aliphatic rings. The molecule has 0 saturated heterocycles. The van der Waals surface area contributed by atoms with Crippen LogP contribution in [0.4, 0.5) is 0 Å². The van der Waals surface area contributed by atoms with Crippen molar-refractivity contribution in [3.05, 3.63) is 12.2 Å². The Labute approximate surface area is 82.9 Å². The molecule has 4 nitrogen and oxygen atoms in total. The first-order valence-electron chi connectivity index (χ1n) is 4.62. The molecule has 0 radical (unpaired) electrons. The first-order valence-corrected chi connectivity index (χ1v) is 4.62. The first-order chi connectivity index (χ1) is 6.58. The van der Waals surface area contributed by atoms with Crippen LogP contribution in [0, 0.1) is 0 Å². The minimum atomic E-state index is -0.323. The van der Waals surface area contributed by atoms with Gasteiger partial charge in [0.1, 0.15) is 12.2 Å². The minimum absolute atomic E-state index is 0.165. The van der Waals surface area contributed by atoms with E-state index in [2.05, 4.69) is 0 Å². The van der Waals surface area contributed by atoms with Crippen molar-refractivity contribution >= 4 is 11.9 Å². The van der Waals surface area contributed by atoms with Crippen LogP contribution in [0.1, 0.15) is 26.7 Å². The number of rotatable bonds is 3. The monoisotopic (exact) mass is 198 g/mol. The molecule has 0 aliphatic carbocycles. The molecule has 1 heterocycles. The second-order valence-electron chi connectivity index (χ2n) is 3.35. The van der Waals surface area contributed by atoms with E-state index < -0.39 is 0 Å². The van der Waals surface area contributed by atoms with Crippen molar-refractivity contribution in [1.29, 1.82) is 0 Å². The largest absolute Gasteiger partial charge is 0.463 e. The van der Waals surface area contributed by atoms with Gasteiger partial charge in [-0.3, -0.25) is 4.79 Å². The molecule has 0 amide bonds. The highest BCUT2D eigenvalue weighted by molar-refractivity contribution is 5.82. The van der Waals surface area contributed by atoms with Crippen molar-refractivity contribution in [3.8, 4) is 0 Å². The molecule has 14 heavy (non-hydrogen) atoms. The molecular formula is C10H14O4. The van der Waals surface area contributed by atoms with Crippen LogP contribution < -0.4 is 0 Å². The van der Waals surface area contributed by atoms with Crippen molar-refractivity contribution in [3.63, 3.8) is 0 Å². The topological polar surface area (TPSA) is 52.6 Å². The van der Waals surface area contributed by atoms with Gasteiger partial charge in [0.15, 0.2) is 0 Å². The molecule has 0 N–H and O–H groups in total. The average molecular weight is 198 g/mol. The Morgan fingerprint density at radius 1 is 1.79 bits per heavy atom. The van der Waals surface area contributed by atoms with E-state index in [0.717, 1.165) is 0 Å². The van der Waals surface area contributed by atoms with Gasteiger partial charge in [0, 0.05) is 25.8 Å². The lowest BCUT2D eigenvalue weighted by Crippen LogP contribution is -2.26. The fourth-order valence-electron chi connectivity index (χ4n) is 1.41. The molecule has 0 saturated carbocycles. The van der Waals surface area contributed by atoms with Gasteiger partial charge in [0.25, 0.3) is 0 Å². The standard InChI is InChI=1S/C10H14O4/c1-7(13-8(2)11)6-9-4-3-5-10(12)14-9/h3,5,7,9H,4,6H2,1-2H3/t7-,9+/m0/s1. The quantitative estimate of drug-likeness (QED) is 0.639. The summed E-state index contributed by atoms with van der Waals surface area (Å²) in [5.74, 6) is -0.633. The molecule has 4 heteroatoms. The van der Waals surface area contributed by atoms with Crippen LogP contribution in [0.25, 0.3) is 0 Å². The van der Waals surface area contributed by atoms with Crippen molar-refractivity contribution < 1.29 is 19.1 Å². The van der Waals surface area contributed by atoms with Gasteiger partial charge < -0.3 is 9.47 Å². The lowest BCUT2D eigenvalue weighted by molar-refractivity contribution is -0.150. The van der Waals surface area contributed by atoms with Gasteiger partial charge in [-0.15, -0.1) is 0 Å². The second-order valence-corrected chi connectivity index (χ2v) is 3.35. The summed E-state index contributed by atoms with van der Waals surface area (Å²) in [5.41, 5.74) is 0. The Kier molecular flexibility index (Phi) is 3.68. The number of carbonyl (C=O) groups excluding carboxylic acids is 2. The first kappa shape index (κ1) is 10.8. The van der Waals surface area contributed by atoms with E-state index in [1.807, 2.05) is 0 Å². The molecule has 1 rings (SSSR count). The summed E-state index contributed by atoms with van der Waals surface area (Å²) < 4.78 is 9.96. The zero-order chi connectivity index (χ0) is 10.6. The average Bonchev–Trinajstić information content (AvgIpc) is 2.01. The van der Waals surface area contributed by atoms with Gasteiger partial charge in [-0.25, -0.2) is 4.79 Å². The maximum absolute atomic E-state index is 10.9. The Morgan fingerprint density at radius 3 is 3.07 bits per heavy atom. The van der Waals surface area contributed by atoms with Crippen molar-refractivity contribution in [2.45, 2.75) is 38.9 Å². The molecular weight excluding hydrogens is 184 g/mol. The predicted molar refractivity (Wildman–Crippen MR) is 49.5 cm³/mol. The fraction of sp³-hybridized carbons (Fsp3) is 0.600. The molecule has 78 valence electrons. The van der Waals surface area contributed by atoms with Gasteiger partial charge >= 0.3 is 11.9 Å². The van der Waals surface area contributed by atoms with E-state index in [1.54, 1.807) is 13.0 Å². The predicted octanol–water partition coefficient (Wildman–Crippen LogP) is 1.20. The molecule has 0 unspecified atom stereocenters. The summed E-state index contributed by atoms with van der Waals surface area (Å²) in [5, 5.41) is 0. The number of esters is 2. The summed E-state index contributed by atoms with van der Waals surface area (Å²) in [6.45, 7) is 3.15. The van der Waals surface area contributed by atoms with Gasteiger partial charge in [-0.05, 0) is 6.92 Å². The van der Waals surface area contributed by atoms with Gasteiger partial charge in [-0.2, -0.15) is 0 Å². The Hall–Kier alpha value is -1.32. The Balaban J connectivity index is 2.33. The summed E-state index contributed by atoms with van der Waals surface area (Å²) in [6.07, 6.45) is 4.05. The van der Waals surface area contributed by atoms with E-state index in [9.17, 15) is 9.59 Å². The van der Waals surface area contributed by atoms with Crippen LogP contribution in [0.15, 0.2) is 12.2 Å². The third kappa shape index (κ3) is 3.60. The molecule has 0 bridgehead atoms. The summed E-state index contributed by atoms with van der Waals surface area (Å²) in [4.78, 5) is 21.5. The number of hydrogen-bond acceptors (Lipinski definition) is 4. The smallest absolute Gasteiger partial charge is 0.330 e. The van der Waals surface area contributed by atoms with Crippen LogP contribution >= 0.6 is 0 Å². The zero-order valence-corrected chi connectivity index (χ0v) is 8.36. The molecule has 1 aliphatic heterocycles. The lowest BCUT2D eigenvalue weighted by Gasteiger charge is -2.21. The Morgan fingerprint density at radius 2 is 2.50 bits per heavy atom.